The maximum atomic E-state index is 12.8. The number of carbonyl (C=O) groups is 1. The van der Waals surface area contributed by atoms with Crippen LogP contribution in [0.1, 0.15) is 11.1 Å². The summed E-state index contributed by atoms with van der Waals surface area (Å²) in [5.41, 5.74) is 2.04. The summed E-state index contributed by atoms with van der Waals surface area (Å²) in [7, 11) is 0. The second kappa shape index (κ2) is 5.06. The van der Waals surface area contributed by atoms with Crippen molar-refractivity contribution in [3.63, 3.8) is 0 Å². The first-order chi connectivity index (χ1) is 8.92. The van der Waals surface area contributed by atoms with E-state index in [1.807, 2.05) is 0 Å². The van der Waals surface area contributed by atoms with Gasteiger partial charge in [-0.1, -0.05) is 0 Å². The number of anilines is 1. The van der Waals surface area contributed by atoms with Crippen LogP contribution in [0.25, 0.3) is 0 Å². The highest BCUT2D eigenvalue weighted by Gasteiger charge is 2.43. The summed E-state index contributed by atoms with van der Waals surface area (Å²) < 4.78 is 77.9. The Morgan fingerprint density at radius 3 is 2.25 bits per heavy atom. The number of hydrogen-bond donors (Lipinski definition) is 2. The quantitative estimate of drug-likeness (QED) is 0.836. The van der Waals surface area contributed by atoms with Crippen molar-refractivity contribution in [2.24, 2.45) is 0 Å². The minimum Gasteiger partial charge on any atom is -0.481 e. The number of hydrogen-bond acceptors (Lipinski definition) is 4. The minimum absolute atomic E-state index is 0.440. The van der Waals surface area contributed by atoms with Crippen molar-refractivity contribution in [1.82, 2.24) is 4.98 Å². The number of ether oxygens (including phenoxy) is 1. The SMILES string of the molecule is Nc1ncc(CC(=O)O)c(C(F)(F)F)c1OC(F)(F)F. The lowest BCUT2D eigenvalue weighted by atomic mass is 10.1. The molecule has 0 atom stereocenters. The highest BCUT2D eigenvalue weighted by atomic mass is 19.4. The topological polar surface area (TPSA) is 85.4 Å². The Bertz CT molecular complexity index is 526. The molecule has 1 heterocycles. The number of nitrogen functional groups attached to an aromatic ring is 1. The molecule has 1 rings (SSSR count). The Morgan fingerprint density at radius 1 is 1.30 bits per heavy atom. The number of rotatable bonds is 3. The minimum atomic E-state index is -5.43. The Hall–Kier alpha value is -2.20. The monoisotopic (exact) mass is 304 g/mol. The maximum absolute atomic E-state index is 12.8. The van der Waals surface area contributed by atoms with Gasteiger partial charge in [-0.05, 0) is 5.56 Å². The van der Waals surface area contributed by atoms with Crippen LogP contribution < -0.4 is 10.5 Å². The number of nitrogens with zero attached hydrogens (tertiary/aromatic N) is 1. The predicted molar refractivity (Wildman–Crippen MR) is 51.7 cm³/mol. The zero-order valence-electron chi connectivity index (χ0n) is 9.34. The molecule has 0 aliphatic rings. The molecule has 112 valence electrons. The van der Waals surface area contributed by atoms with Crippen LogP contribution in [0.5, 0.6) is 5.75 Å². The average molecular weight is 304 g/mol. The fourth-order valence-electron chi connectivity index (χ4n) is 1.37. The molecular formula is C9H6F6N2O3. The van der Waals surface area contributed by atoms with Gasteiger partial charge in [-0.2, -0.15) is 13.2 Å². The molecule has 3 N–H and O–H groups in total. The molecule has 0 saturated carbocycles. The van der Waals surface area contributed by atoms with Gasteiger partial charge >= 0.3 is 18.5 Å². The first kappa shape index (κ1) is 15.9. The van der Waals surface area contributed by atoms with Crippen molar-refractivity contribution in [1.29, 1.82) is 0 Å². The second-order valence-electron chi connectivity index (χ2n) is 3.49. The zero-order chi connectivity index (χ0) is 15.7. The van der Waals surface area contributed by atoms with E-state index >= 15 is 0 Å². The number of carboxylic acids is 1. The molecule has 0 unspecified atom stereocenters. The highest BCUT2D eigenvalue weighted by Crippen LogP contribution is 2.43. The lowest BCUT2D eigenvalue weighted by molar-refractivity contribution is -0.276. The molecular weight excluding hydrogens is 298 g/mol. The number of alkyl halides is 6. The molecule has 0 amide bonds. The first-order valence-corrected chi connectivity index (χ1v) is 4.74. The summed E-state index contributed by atoms with van der Waals surface area (Å²) in [5.74, 6) is -4.59. The van der Waals surface area contributed by atoms with Crippen LogP contribution in [0.15, 0.2) is 6.20 Å². The van der Waals surface area contributed by atoms with Crippen LogP contribution in [0.2, 0.25) is 0 Å². The Morgan fingerprint density at radius 2 is 1.85 bits per heavy atom. The largest absolute Gasteiger partial charge is 0.573 e. The molecule has 20 heavy (non-hydrogen) atoms. The van der Waals surface area contributed by atoms with E-state index in [1.165, 1.54) is 0 Å². The third-order valence-corrected chi connectivity index (χ3v) is 1.98. The van der Waals surface area contributed by atoms with Crippen molar-refractivity contribution >= 4 is 11.8 Å². The zero-order valence-corrected chi connectivity index (χ0v) is 9.34. The fourth-order valence-corrected chi connectivity index (χ4v) is 1.37. The van der Waals surface area contributed by atoms with Gasteiger partial charge in [-0.25, -0.2) is 4.98 Å². The van der Waals surface area contributed by atoms with Crippen LogP contribution in [0, 0.1) is 0 Å². The van der Waals surface area contributed by atoms with Crippen molar-refractivity contribution < 1.29 is 41.0 Å². The first-order valence-electron chi connectivity index (χ1n) is 4.74. The van der Waals surface area contributed by atoms with Gasteiger partial charge < -0.3 is 15.6 Å². The molecule has 0 fully saturated rings. The summed E-state index contributed by atoms with van der Waals surface area (Å²) in [6.07, 6.45) is -11.5. The molecule has 0 aromatic carbocycles. The number of aromatic nitrogens is 1. The van der Waals surface area contributed by atoms with Crippen molar-refractivity contribution in [2.45, 2.75) is 19.0 Å². The number of halogens is 6. The maximum Gasteiger partial charge on any atom is 0.573 e. The molecule has 11 heteroatoms. The number of carboxylic acid groups (broad SMARTS) is 1. The smallest absolute Gasteiger partial charge is 0.481 e. The van der Waals surface area contributed by atoms with Crippen LogP contribution in [-0.2, 0) is 17.4 Å². The van der Waals surface area contributed by atoms with Gasteiger partial charge in [0.1, 0.15) is 5.56 Å². The van der Waals surface area contributed by atoms with Gasteiger partial charge in [0, 0.05) is 6.20 Å². The van der Waals surface area contributed by atoms with Crippen molar-refractivity contribution in [2.75, 3.05) is 5.73 Å². The lowest BCUT2D eigenvalue weighted by Gasteiger charge is -2.18. The Balaban J connectivity index is 3.50. The van der Waals surface area contributed by atoms with Gasteiger partial charge in [0.05, 0.1) is 6.42 Å². The summed E-state index contributed by atoms with van der Waals surface area (Å²) in [4.78, 5) is 13.5. The summed E-state index contributed by atoms with van der Waals surface area (Å²) in [6, 6.07) is 0. The number of aliphatic carboxylic acids is 1. The van der Waals surface area contributed by atoms with Gasteiger partial charge in [0.25, 0.3) is 0 Å². The van der Waals surface area contributed by atoms with Crippen molar-refractivity contribution in [3.8, 4) is 5.75 Å². The van der Waals surface area contributed by atoms with Crippen LogP contribution >= 0.6 is 0 Å². The lowest BCUT2D eigenvalue weighted by Crippen LogP contribution is -2.23. The van der Waals surface area contributed by atoms with E-state index < -0.39 is 47.6 Å². The van der Waals surface area contributed by atoms with Crippen LogP contribution in [0.4, 0.5) is 32.2 Å². The Kier molecular flexibility index (Phi) is 4.01. The van der Waals surface area contributed by atoms with E-state index in [-0.39, 0.29) is 0 Å². The molecule has 0 aliphatic carbocycles. The molecule has 0 bridgehead atoms. The van der Waals surface area contributed by atoms with Gasteiger partial charge in [-0.15, -0.1) is 13.2 Å². The third kappa shape index (κ3) is 3.90. The van der Waals surface area contributed by atoms with E-state index in [2.05, 4.69) is 9.72 Å². The molecule has 0 aliphatic heterocycles. The highest BCUT2D eigenvalue weighted by molar-refractivity contribution is 5.72. The van der Waals surface area contributed by atoms with Gasteiger partial charge in [0.2, 0.25) is 0 Å². The molecule has 0 radical (unpaired) electrons. The summed E-state index contributed by atoms with van der Waals surface area (Å²) in [6.45, 7) is 0. The van der Waals surface area contributed by atoms with Gasteiger partial charge in [-0.3, -0.25) is 4.79 Å². The van der Waals surface area contributed by atoms with Crippen LogP contribution in [0.3, 0.4) is 0 Å². The Labute approximate surface area is 107 Å². The van der Waals surface area contributed by atoms with E-state index in [4.69, 9.17) is 10.8 Å². The van der Waals surface area contributed by atoms with E-state index in [0.717, 1.165) is 0 Å². The molecule has 1 aromatic heterocycles. The second-order valence-corrected chi connectivity index (χ2v) is 3.49. The molecule has 0 saturated heterocycles. The number of nitrogens with two attached hydrogens (primary N) is 1. The van der Waals surface area contributed by atoms with E-state index in [0.29, 0.717) is 6.20 Å². The fraction of sp³-hybridized carbons (Fsp3) is 0.333. The van der Waals surface area contributed by atoms with E-state index in [9.17, 15) is 31.1 Å². The predicted octanol–water partition coefficient (Wildman–Crippen LogP) is 2.21. The van der Waals surface area contributed by atoms with Gasteiger partial charge in [0.15, 0.2) is 11.6 Å². The number of pyridine rings is 1. The third-order valence-electron chi connectivity index (χ3n) is 1.98. The average Bonchev–Trinajstić information content (AvgIpc) is 2.18. The normalized spacial score (nSPS) is 12.3. The van der Waals surface area contributed by atoms with E-state index in [1.54, 1.807) is 0 Å². The molecule has 1 aromatic rings. The standard InChI is InChI=1S/C9H6F6N2O3/c10-8(11,12)5-3(1-4(18)19)2-17-7(16)6(5)20-9(13,14)15/h2H,1H2,(H2,16,17)(H,18,19). The summed E-state index contributed by atoms with van der Waals surface area (Å²) in [5, 5.41) is 8.46. The molecule has 0 spiro atoms. The summed E-state index contributed by atoms with van der Waals surface area (Å²) >= 11 is 0. The van der Waals surface area contributed by atoms with Crippen LogP contribution in [-0.4, -0.2) is 22.4 Å². The molecule has 5 nitrogen and oxygen atoms in total. The van der Waals surface area contributed by atoms with Crippen molar-refractivity contribution in [3.05, 3.63) is 17.3 Å².